The SMILES string of the molecule is CC(C1CC1)N(C)CC(=O)Nc1cccc(N)c1. The zero-order valence-electron chi connectivity index (χ0n) is 11.0. The van der Waals surface area contributed by atoms with Gasteiger partial charge in [0.15, 0.2) is 0 Å². The molecule has 0 saturated heterocycles. The van der Waals surface area contributed by atoms with Gasteiger partial charge >= 0.3 is 0 Å². The van der Waals surface area contributed by atoms with Crippen LogP contribution in [-0.2, 0) is 4.79 Å². The Kier molecular flexibility index (Phi) is 3.87. The molecule has 98 valence electrons. The molecular weight excluding hydrogens is 226 g/mol. The van der Waals surface area contributed by atoms with Gasteiger partial charge in [-0.2, -0.15) is 0 Å². The second kappa shape index (κ2) is 5.40. The molecule has 0 heterocycles. The zero-order valence-corrected chi connectivity index (χ0v) is 11.0. The summed E-state index contributed by atoms with van der Waals surface area (Å²) in [6.45, 7) is 2.61. The van der Waals surface area contributed by atoms with Gasteiger partial charge in [-0.15, -0.1) is 0 Å². The van der Waals surface area contributed by atoms with Crippen molar-refractivity contribution in [3.8, 4) is 0 Å². The summed E-state index contributed by atoms with van der Waals surface area (Å²) in [5.41, 5.74) is 7.09. The second-order valence-corrected chi connectivity index (χ2v) is 5.17. The van der Waals surface area contributed by atoms with Gasteiger partial charge in [0, 0.05) is 17.4 Å². The molecule has 0 bridgehead atoms. The minimum Gasteiger partial charge on any atom is -0.399 e. The van der Waals surface area contributed by atoms with Crippen LogP contribution in [0.2, 0.25) is 0 Å². The minimum absolute atomic E-state index is 0.00981. The number of amides is 1. The van der Waals surface area contributed by atoms with E-state index in [2.05, 4.69) is 17.1 Å². The summed E-state index contributed by atoms with van der Waals surface area (Å²) < 4.78 is 0. The molecule has 1 aliphatic rings. The third-order valence-corrected chi connectivity index (χ3v) is 3.56. The lowest BCUT2D eigenvalue weighted by atomic mass is 10.2. The maximum absolute atomic E-state index is 11.9. The van der Waals surface area contributed by atoms with E-state index in [1.54, 1.807) is 12.1 Å². The summed E-state index contributed by atoms with van der Waals surface area (Å²) in [4.78, 5) is 14.0. The number of nitrogens with one attached hydrogen (secondary N) is 1. The molecule has 0 spiro atoms. The van der Waals surface area contributed by atoms with Gasteiger partial charge in [0.1, 0.15) is 0 Å². The van der Waals surface area contributed by atoms with Crippen molar-refractivity contribution >= 4 is 17.3 Å². The van der Waals surface area contributed by atoms with Crippen LogP contribution in [0.3, 0.4) is 0 Å². The number of hydrogen-bond donors (Lipinski definition) is 2. The van der Waals surface area contributed by atoms with E-state index in [-0.39, 0.29) is 5.91 Å². The highest BCUT2D eigenvalue weighted by atomic mass is 16.2. The largest absolute Gasteiger partial charge is 0.399 e. The lowest BCUT2D eigenvalue weighted by Crippen LogP contribution is -2.37. The van der Waals surface area contributed by atoms with Crippen LogP contribution < -0.4 is 11.1 Å². The zero-order chi connectivity index (χ0) is 13.1. The molecule has 1 atom stereocenters. The van der Waals surface area contributed by atoms with Crippen LogP contribution in [0.4, 0.5) is 11.4 Å². The Labute approximate surface area is 108 Å². The second-order valence-electron chi connectivity index (χ2n) is 5.17. The van der Waals surface area contributed by atoms with Crippen LogP contribution in [0.5, 0.6) is 0 Å². The van der Waals surface area contributed by atoms with Gasteiger partial charge in [-0.25, -0.2) is 0 Å². The first kappa shape index (κ1) is 12.9. The van der Waals surface area contributed by atoms with Crippen molar-refractivity contribution in [3.05, 3.63) is 24.3 Å². The quantitative estimate of drug-likeness (QED) is 0.782. The fraction of sp³-hybridized carbons (Fsp3) is 0.500. The number of anilines is 2. The molecule has 1 aromatic carbocycles. The summed E-state index contributed by atoms with van der Waals surface area (Å²) >= 11 is 0. The Balaban J connectivity index is 1.84. The Bertz CT molecular complexity index is 429. The van der Waals surface area contributed by atoms with Crippen LogP contribution in [0.25, 0.3) is 0 Å². The Morgan fingerprint density at radius 1 is 1.56 bits per heavy atom. The first-order valence-corrected chi connectivity index (χ1v) is 6.42. The molecule has 1 amide bonds. The molecule has 1 aliphatic carbocycles. The van der Waals surface area contributed by atoms with E-state index < -0.39 is 0 Å². The van der Waals surface area contributed by atoms with Crippen molar-refractivity contribution in [3.63, 3.8) is 0 Å². The number of benzene rings is 1. The molecule has 3 N–H and O–H groups in total. The Morgan fingerprint density at radius 3 is 2.89 bits per heavy atom. The third-order valence-electron chi connectivity index (χ3n) is 3.56. The van der Waals surface area contributed by atoms with Crippen LogP contribution >= 0.6 is 0 Å². The number of carbonyl (C=O) groups is 1. The van der Waals surface area contributed by atoms with Crippen LogP contribution in [0.15, 0.2) is 24.3 Å². The fourth-order valence-electron chi connectivity index (χ4n) is 2.13. The first-order valence-electron chi connectivity index (χ1n) is 6.42. The topological polar surface area (TPSA) is 58.4 Å². The van der Waals surface area contributed by atoms with E-state index >= 15 is 0 Å². The van der Waals surface area contributed by atoms with Gasteiger partial charge in [-0.05, 0) is 50.9 Å². The summed E-state index contributed by atoms with van der Waals surface area (Å²) in [6, 6.07) is 7.73. The average Bonchev–Trinajstić information content (AvgIpc) is 3.11. The van der Waals surface area contributed by atoms with Crippen LogP contribution in [-0.4, -0.2) is 30.4 Å². The van der Waals surface area contributed by atoms with Gasteiger partial charge in [0.05, 0.1) is 6.54 Å². The predicted octanol–water partition coefficient (Wildman–Crippen LogP) is 1.94. The summed E-state index contributed by atoms with van der Waals surface area (Å²) in [6.07, 6.45) is 2.59. The smallest absolute Gasteiger partial charge is 0.238 e. The molecule has 0 radical (unpaired) electrons. The predicted molar refractivity (Wildman–Crippen MR) is 74.3 cm³/mol. The highest BCUT2D eigenvalue weighted by Crippen LogP contribution is 2.34. The molecule has 1 fully saturated rings. The molecule has 18 heavy (non-hydrogen) atoms. The molecule has 1 saturated carbocycles. The molecule has 1 unspecified atom stereocenters. The number of hydrogen-bond acceptors (Lipinski definition) is 3. The van der Waals surface area contributed by atoms with E-state index in [0.29, 0.717) is 18.3 Å². The average molecular weight is 247 g/mol. The van der Waals surface area contributed by atoms with Gasteiger partial charge in [-0.3, -0.25) is 9.69 Å². The number of rotatable bonds is 5. The normalized spacial score (nSPS) is 16.6. The lowest BCUT2D eigenvalue weighted by Gasteiger charge is -2.23. The fourth-order valence-corrected chi connectivity index (χ4v) is 2.13. The van der Waals surface area contributed by atoms with E-state index in [1.807, 2.05) is 19.2 Å². The summed E-state index contributed by atoms with van der Waals surface area (Å²) in [5.74, 6) is 0.783. The van der Waals surface area contributed by atoms with Gasteiger partial charge in [0.25, 0.3) is 0 Å². The summed E-state index contributed by atoms with van der Waals surface area (Å²) in [7, 11) is 2.00. The molecule has 4 nitrogen and oxygen atoms in total. The maximum Gasteiger partial charge on any atom is 0.238 e. The van der Waals surface area contributed by atoms with E-state index in [9.17, 15) is 4.79 Å². The number of nitrogens with two attached hydrogens (primary N) is 1. The van der Waals surface area contributed by atoms with Crippen molar-refractivity contribution in [2.45, 2.75) is 25.8 Å². The van der Waals surface area contributed by atoms with Crippen molar-refractivity contribution < 1.29 is 4.79 Å². The highest BCUT2D eigenvalue weighted by Gasteiger charge is 2.30. The van der Waals surface area contributed by atoms with Crippen LogP contribution in [0, 0.1) is 5.92 Å². The molecule has 0 aliphatic heterocycles. The monoisotopic (exact) mass is 247 g/mol. The summed E-state index contributed by atoms with van der Waals surface area (Å²) in [5, 5.41) is 2.87. The van der Waals surface area contributed by atoms with Crippen molar-refractivity contribution in [2.75, 3.05) is 24.6 Å². The molecule has 0 aromatic heterocycles. The molecule has 1 aromatic rings. The highest BCUT2D eigenvalue weighted by molar-refractivity contribution is 5.92. The van der Waals surface area contributed by atoms with Crippen LogP contribution in [0.1, 0.15) is 19.8 Å². The van der Waals surface area contributed by atoms with Gasteiger partial charge < -0.3 is 11.1 Å². The van der Waals surface area contributed by atoms with Crippen molar-refractivity contribution in [1.29, 1.82) is 0 Å². The molecular formula is C14H21N3O. The number of carbonyl (C=O) groups excluding carboxylic acids is 1. The van der Waals surface area contributed by atoms with Crippen molar-refractivity contribution in [2.24, 2.45) is 5.92 Å². The van der Waals surface area contributed by atoms with E-state index in [1.165, 1.54) is 12.8 Å². The Morgan fingerprint density at radius 2 is 2.28 bits per heavy atom. The molecule has 4 heteroatoms. The number of likely N-dealkylation sites (N-methyl/N-ethyl adjacent to an activating group) is 1. The van der Waals surface area contributed by atoms with E-state index in [0.717, 1.165) is 11.6 Å². The molecule has 2 rings (SSSR count). The number of nitrogens with zero attached hydrogens (tertiary/aromatic N) is 1. The standard InChI is InChI=1S/C14H21N3O/c1-10(11-6-7-11)17(2)9-14(18)16-13-5-3-4-12(15)8-13/h3-5,8,10-11H,6-7,9,15H2,1-2H3,(H,16,18). The first-order chi connectivity index (χ1) is 8.56. The lowest BCUT2D eigenvalue weighted by molar-refractivity contribution is -0.117. The van der Waals surface area contributed by atoms with E-state index in [4.69, 9.17) is 5.73 Å². The number of nitrogen functional groups attached to an aromatic ring is 1. The van der Waals surface area contributed by atoms with Gasteiger partial charge in [-0.1, -0.05) is 6.07 Å². The Hall–Kier alpha value is -1.55. The minimum atomic E-state index is 0.00981. The van der Waals surface area contributed by atoms with Gasteiger partial charge in [0.2, 0.25) is 5.91 Å². The maximum atomic E-state index is 11.9. The third kappa shape index (κ3) is 3.47. The van der Waals surface area contributed by atoms with Crippen molar-refractivity contribution in [1.82, 2.24) is 4.90 Å².